The molecule has 20 heavy (non-hydrogen) atoms. The predicted octanol–water partition coefficient (Wildman–Crippen LogP) is 2.67. The molecule has 2 saturated heterocycles. The highest BCUT2D eigenvalue weighted by Crippen LogP contribution is 2.30. The Morgan fingerprint density at radius 3 is 2.70 bits per heavy atom. The van der Waals surface area contributed by atoms with Crippen molar-refractivity contribution in [3.8, 4) is 6.07 Å². The van der Waals surface area contributed by atoms with E-state index in [1.807, 2.05) is 12.1 Å². The van der Waals surface area contributed by atoms with E-state index in [2.05, 4.69) is 10.2 Å². The van der Waals surface area contributed by atoms with Gasteiger partial charge >= 0.3 is 0 Å². The molecule has 0 spiro atoms. The summed E-state index contributed by atoms with van der Waals surface area (Å²) < 4.78 is 13.7. The first-order chi connectivity index (χ1) is 9.79. The monoisotopic (exact) mass is 273 g/mol. The van der Waals surface area contributed by atoms with Crippen molar-refractivity contribution in [3.63, 3.8) is 0 Å². The summed E-state index contributed by atoms with van der Waals surface area (Å²) in [6.45, 7) is 2.98. The van der Waals surface area contributed by atoms with Crippen LogP contribution in [0.3, 0.4) is 0 Å². The largest absolute Gasteiger partial charge is 0.370 e. The van der Waals surface area contributed by atoms with Gasteiger partial charge < -0.3 is 10.2 Å². The summed E-state index contributed by atoms with van der Waals surface area (Å²) in [7, 11) is 0. The SMILES string of the molecule is N#Cc1c(F)cccc1N1CCC(C2CCCN2)CC1. The van der Waals surface area contributed by atoms with Crippen molar-refractivity contribution < 1.29 is 4.39 Å². The van der Waals surface area contributed by atoms with Gasteiger partial charge in [-0.1, -0.05) is 6.07 Å². The molecule has 0 radical (unpaired) electrons. The minimum absolute atomic E-state index is 0.185. The Morgan fingerprint density at radius 2 is 2.05 bits per heavy atom. The normalized spacial score (nSPS) is 23.8. The van der Waals surface area contributed by atoms with Crippen LogP contribution in [0.1, 0.15) is 31.2 Å². The molecule has 1 unspecified atom stereocenters. The van der Waals surface area contributed by atoms with Crippen LogP contribution < -0.4 is 10.2 Å². The van der Waals surface area contributed by atoms with Gasteiger partial charge in [0, 0.05) is 19.1 Å². The number of nitriles is 1. The Balaban J connectivity index is 1.69. The van der Waals surface area contributed by atoms with Gasteiger partial charge in [0.15, 0.2) is 0 Å². The van der Waals surface area contributed by atoms with Gasteiger partial charge in [0.25, 0.3) is 0 Å². The van der Waals surface area contributed by atoms with Crippen LogP contribution in [0.2, 0.25) is 0 Å². The fourth-order valence-electron chi connectivity index (χ4n) is 3.54. The highest BCUT2D eigenvalue weighted by Gasteiger charge is 2.29. The number of nitrogens with zero attached hydrogens (tertiary/aromatic N) is 2. The van der Waals surface area contributed by atoms with Gasteiger partial charge in [-0.05, 0) is 50.3 Å². The molecule has 0 aliphatic carbocycles. The van der Waals surface area contributed by atoms with Crippen LogP contribution in [0.15, 0.2) is 18.2 Å². The molecule has 1 N–H and O–H groups in total. The first-order valence-corrected chi connectivity index (χ1v) is 7.46. The van der Waals surface area contributed by atoms with Crippen molar-refractivity contribution in [1.29, 1.82) is 5.26 Å². The van der Waals surface area contributed by atoms with Crippen LogP contribution in [-0.4, -0.2) is 25.7 Å². The molecule has 0 amide bonds. The van der Waals surface area contributed by atoms with Crippen molar-refractivity contribution in [2.75, 3.05) is 24.5 Å². The van der Waals surface area contributed by atoms with Gasteiger partial charge in [-0.3, -0.25) is 0 Å². The zero-order valence-corrected chi connectivity index (χ0v) is 11.6. The average Bonchev–Trinajstić information content (AvgIpc) is 3.01. The van der Waals surface area contributed by atoms with Crippen molar-refractivity contribution >= 4 is 5.69 Å². The minimum Gasteiger partial charge on any atom is -0.370 e. The lowest BCUT2D eigenvalue weighted by Crippen LogP contribution is -2.41. The van der Waals surface area contributed by atoms with Crippen LogP contribution in [0.5, 0.6) is 0 Å². The molecule has 0 aromatic heterocycles. The van der Waals surface area contributed by atoms with Gasteiger partial charge in [0.2, 0.25) is 0 Å². The molecule has 2 aliphatic rings. The van der Waals surface area contributed by atoms with Crippen molar-refractivity contribution in [3.05, 3.63) is 29.6 Å². The maximum absolute atomic E-state index is 13.7. The number of rotatable bonds is 2. The molecule has 2 aliphatic heterocycles. The summed E-state index contributed by atoms with van der Waals surface area (Å²) in [5, 5.41) is 12.7. The van der Waals surface area contributed by atoms with Crippen molar-refractivity contribution in [1.82, 2.24) is 5.32 Å². The van der Waals surface area contributed by atoms with Gasteiger partial charge in [-0.2, -0.15) is 5.26 Å². The second-order valence-electron chi connectivity index (χ2n) is 5.77. The number of benzene rings is 1. The van der Waals surface area contributed by atoms with Gasteiger partial charge in [-0.15, -0.1) is 0 Å². The van der Waals surface area contributed by atoms with Crippen LogP contribution in [0, 0.1) is 23.1 Å². The lowest BCUT2D eigenvalue weighted by Gasteiger charge is -2.36. The molecule has 1 atom stereocenters. The molecule has 4 heteroatoms. The van der Waals surface area contributed by atoms with Crippen LogP contribution in [-0.2, 0) is 0 Å². The summed E-state index contributed by atoms with van der Waals surface area (Å²) in [6, 6.07) is 7.57. The summed E-state index contributed by atoms with van der Waals surface area (Å²) in [5.41, 5.74) is 0.940. The first-order valence-electron chi connectivity index (χ1n) is 7.46. The zero-order valence-electron chi connectivity index (χ0n) is 11.6. The molecule has 3 rings (SSSR count). The predicted molar refractivity (Wildman–Crippen MR) is 77.1 cm³/mol. The average molecular weight is 273 g/mol. The Labute approximate surface area is 119 Å². The third-order valence-corrected chi connectivity index (χ3v) is 4.65. The molecule has 106 valence electrons. The van der Waals surface area contributed by atoms with Crippen molar-refractivity contribution in [2.24, 2.45) is 5.92 Å². The number of hydrogen-bond acceptors (Lipinski definition) is 3. The third-order valence-electron chi connectivity index (χ3n) is 4.65. The lowest BCUT2D eigenvalue weighted by molar-refractivity contribution is 0.319. The molecule has 2 heterocycles. The molecule has 0 saturated carbocycles. The maximum atomic E-state index is 13.7. The van der Waals surface area contributed by atoms with E-state index in [9.17, 15) is 4.39 Å². The van der Waals surface area contributed by atoms with Gasteiger partial charge in [0.1, 0.15) is 17.4 Å². The van der Waals surface area contributed by atoms with E-state index in [4.69, 9.17) is 5.26 Å². The number of hydrogen-bond donors (Lipinski definition) is 1. The van der Waals surface area contributed by atoms with Crippen LogP contribution >= 0.6 is 0 Å². The molecule has 1 aromatic carbocycles. The smallest absolute Gasteiger partial charge is 0.143 e. The highest BCUT2D eigenvalue weighted by atomic mass is 19.1. The lowest BCUT2D eigenvalue weighted by atomic mass is 9.88. The van der Waals surface area contributed by atoms with E-state index < -0.39 is 5.82 Å². The van der Waals surface area contributed by atoms with Crippen LogP contribution in [0.4, 0.5) is 10.1 Å². The number of piperidine rings is 1. The summed E-state index contributed by atoms with van der Waals surface area (Å²) in [5.74, 6) is 0.317. The van der Waals surface area contributed by atoms with Gasteiger partial charge in [0.05, 0.1) is 5.69 Å². The number of nitrogens with one attached hydrogen (secondary N) is 1. The maximum Gasteiger partial charge on any atom is 0.143 e. The Bertz CT molecular complexity index is 509. The van der Waals surface area contributed by atoms with E-state index in [0.29, 0.717) is 6.04 Å². The molecular formula is C16H20FN3. The zero-order chi connectivity index (χ0) is 13.9. The fourth-order valence-corrected chi connectivity index (χ4v) is 3.54. The number of halogens is 1. The second kappa shape index (κ2) is 5.80. The summed E-state index contributed by atoms with van der Waals surface area (Å²) in [6.07, 6.45) is 4.82. The summed E-state index contributed by atoms with van der Waals surface area (Å²) in [4.78, 5) is 2.16. The van der Waals surface area contributed by atoms with E-state index in [1.165, 1.54) is 18.9 Å². The fraction of sp³-hybridized carbons (Fsp3) is 0.562. The van der Waals surface area contributed by atoms with Gasteiger partial charge in [-0.25, -0.2) is 4.39 Å². The topological polar surface area (TPSA) is 39.1 Å². The van der Waals surface area contributed by atoms with E-state index in [-0.39, 0.29) is 5.56 Å². The summed E-state index contributed by atoms with van der Waals surface area (Å²) >= 11 is 0. The minimum atomic E-state index is -0.412. The number of anilines is 1. The van der Waals surface area contributed by atoms with E-state index in [0.717, 1.165) is 44.1 Å². The van der Waals surface area contributed by atoms with Crippen molar-refractivity contribution in [2.45, 2.75) is 31.7 Å². The highest BCUT2D eigenvalue weighted by molar-refractivity contribution is 5.60. The second-order valence-corrected chi connectivity index (χ2v) is 5.77. The Morgan fingerprint density at radius 1 is 1.25 bits per heavy atom. The quantitative estimate of drug-likeness (QED) is 0.900. The van der Waals surface area contributed by atoms with E-state index in [1.54, 1.807) is 6.07 Å². The van der Waals surface area contributed by atoms with E-state index >= 15 is 0 Å². The molecule has 1 aromatic rings. The Hall–Kier alpha value is -1.60. The molecule has 3 nitrogen and oxygen atoms in total. The Kier molecular flexibility index (Phi) is 3.88. The standard InChI is InChI=1S/C16H20FN3/c17-14-3-1-5-16(13(14)11-18)20-9-6-12(7-10-20)15-4-2-8-19-15/h1,3,5,12,15,19H,2,4,6-10H2. The molecule has 0 bridgehead atoms. The molecule has 2 fully saturated rings. The first kappa shape index (κ1) is 13.4. The third kappa shape index (κ3) is 2.51. The van der Waals surface area contributed by atoms with Crippen LogP contribution in [0.25, 0.3) is 0 Å². The molecular weight excluding hydrogens is 253 g/mol.